The van der Waals surface area contributed by atoms with E-state index < -0.39 is 0 Å². The third-order valence-electron chi connectivity index (χ3n) is 4.24. The minimum atomic E-state index is 0.0795. The molecule has 2 nitrogen and oxygen atoms in total. The van der Waals surface area contributed by atoms with Gasteiger partial charge in [-0.1, -0.05) is 27.2 Å². The zero-order valence-corrected chi connectivity index (χ0v) is 11.6. The quantitative estimate of drug-likeness (QED) is 0.669. The third-order valence-corrected chi connectivity index (χ3v) is 4.24. The molecule has 2 unspecified atom stereocenters. The van der Waals surface area contributed by atoms with Crippen molar-refractivity contribution < 1.29 is 9.47 Å². The summed E-state index contributed by atoms with van der Waals surface area (Å²) >= 11 is 0. The summed E-state index contributed by atoms with van der Waals surface area (Å²) in [5, 5.41) is 0. The highest BCUT2D eigenvalue weighted by Gasteiger charge is 2.41. The van der Waals surface area contributed by atoms with E-state index in [1.165, 1.54) is 12.8 Å². The molecule has 4 atom stereocenters. The molecule has 16 heavy (non-hydrogen) atoms. The van der Waals surface area contributed by atoms with Gasteiger partial charge in [-0.05, 0) is 31.1 Å². The van der Waals surface area contributed by atoms with Crippen molar-refractivity contribution in [2.45, 2.75) is 58.1 Å². The van der Waals surface area contributed by atoms with Gasteiger partial charge in [0, 0.05) is 19.7 Å². The van der Waals surface area contributed by atoms with E-state index in [1.807, 2.05) is 0 Å². The zero-order chi connectivity index (χ0) is 12.2. The molecule has 1 heterocycles. The van der Waals surface area contributed by atoms with Crippen molar-refractivity contribution in [1.29, 1.82) is 0 Å². The predicted octanol–water partition coefficient (Wildman–Crippen LogP) is 2.21. The third kappa shape index (κ3) is 3.24. The summed E-state index contributed by atoms with van der Waals surface area (Å²) in [6, 6.07) is 0.382. The van der Waals surface area contributed by atoms with Crippen LogP contribution in [0.1, 0.15) is 46.5 Å². The molecule has 1 fully saturated rings. The number of methoxy groups -OCH3 is 1. The standard InChI is InChI=1S/C13H27BO2/c1-5-6-13(7-8-15-4)9-10(2)11(3)12(14)16-13/h10-12H,5-9,14H2,1-4H3/t10?,11?,12-,13-/m1/s1. The molecule has 1 saturated heterocycles. The Bertz CT molecular complexity index is 196. The van der Waals surface area contributed by atoms with Gasteiger partial charge in [0.1, 0.15) is 7.85 Å². The molecule has 0 saturated carbocycles. The first-order valence-corrected chi connectivity index (χ1v) is 6.71. The Morgan fingerprint density at radius 1 is 1.38 bits per heavy atom. The second-order valence-corrected chi connectivity index (χ2v) is 5.54. The highest BCUT2D eigenvalue weighted by molar-refractivity contribution is 6.11. The fraction of sp³-hybridized carbons (Fsp3) is 1.00. The summed E-state index contributed by atoms with van der Waals surface area (Å²) in [6.45, 7) is 7.72. The van der Waals surface area contributed by atoms with E-state index >= 15 is 0 Å². The summed E-state index contributed by atoms with van der Waals surface area (Å²) in [7, 11) is 4.00. The molecule has 1 aliphatic heterocycles. The predicted molar refractivity (Wildman–Crippen MR) is 70.5 cm³/mol. The average Bonchev–Trinajstić information content (AvgIpc) is 2.24. The lowest BCUT2D eigenvalue weighted by molar-refractivity contribution is -0.151. The average molecular weight is 226 g/mol. The van der Waals surface area contributed by atoms with E-state index in [2.05, 4.69) is 28.6 Å². The summed E-state index contributed by atoms with van der Waals surface area (Å²) in [5.74, 6) is 1.43. The Balaban J connectivity index is 2.69. The van der Waals surface area contributed by atoms with Crippen molar-refractivity contribution in [2.24, 2.45) is 11.8 Å². The van der Waals surface area contributed by atoms with Crippen LogP contribution in [0.25, 0.3) is 0 Å². The second kappa shape index (κ2) is 6.06. The van der Waals surface area contributed by atoms with Crippen LogP contribution >= 0.6 is 0 Å². The molecule has 0 spiro atoms. The largest absolute Gasteiger partial charge is 0.385 e. The lowest BCUT2D eigenvalue weighted by atomic mass is 9.70. The van der Waals surface area contributed by atoms with Crippen LogP contribution in [-0.4, -0.2) is 33.2 Å². The van der Waals surface area contributed by atoms with Gasteiger partial charge in [-0.3, -0.25) is 0 Å². The fourth-order valence-corrected chi connectivity index (χ4v) is 2.98. The van der Waals surface area contributed by atoms with Crippen molar-refractivity contribution in [3.05, 3.63) is 0 Å². The molecule has 0 bridgehead atoms. The number of hydrogen-bond acceptors (Lipinski definition) is 2. The van der Waals surface area contributed by atoms with Gasteiger partial charge >= 0.3 is 0 Å². The molecule has 0 aromatic heterocycles. The van der Waals surface area contributed by atoms with E-state index in [9.17, 15) is 0 Å². The van der Waals surface area contributed by atoms with E-state index in [0.29, 0.717) is 11.9 Å². The van der Waals surface area contributed by atoms with Gasteiger partial charge in [-0.15, -0.1) is 0 Å². The smallest absolute Gasteiger partial charge is 0.139 e. The van der Waals surface area contributed by atoms with Gasteiger partial charge < -0.3 is 9.47 Å². The van der Waals surface area contributed by atoms with Crippen LogP contribution in [0.5, 0.6) is 0 Å². The Morgan fingerprint density at radius 3 is 2.56 bits per heavy atom. The first-order valence-electron chi connectivity index (χ1n) is 6.71. The van der Waals surface area contributed by atoms with Crippen LogP contribution in [-0.2, 0) is 9.47 Å². The summed E-state index contributed by atoms with van der Waals surface area (Å²) in [4.78, 5) is 0. The minimum absolute atomic E-state index is 0.0795. The summed E-state index contributed by atoms with van der Waals surface area (Å²) < 4.78 is 11.6. The van der Waals surface area contributed by atoms with E-state index in [4.69, 9.17) is 9.47 Å². The van der Waals surface area contributed by atoms with Crippen LogP contribution in [0.3, 0.4) is 0 Å². The fourth-order valence-electron chi connectivity index (χ4n) is 2.98. The monoisotopic (exact) mass is 226 g/mol. The minimum Gasteiger partial charge on any atom is -0.385 e. The molecule has 1 rings (SSSR count). The van der Waals surface area contributed by atoms with Crippen molar-refractivity contribution in [2.75, 3.05) is 13.7 Å². The lowest BCUT2D eigenvalue weighted by Crippen LogP contribution is -2.48. The van der Waals surface area contributed by atoms with Gasteiger partial charge in [-0.2, -0.15) is 0 Å². The molecule has 0 amide bonds. The SMILES string of the molecule is B[C@@H]1O[C@](CCC)(CCOC)CC(C)C1C. The maximum atomic E-state index is 6.32. The normalized spacial score (nSPS) is 39.9. The number of rotatable bonds is 5. The molecule has 0 aromatic rings. The number of ether oxygens (including phenoxy) is 2. The Labute approximate surface area is 101 Å². The van der Waals surface area contributed by atoms with Crippen LogP contribution < -0.4 is 0 Å². The van der Waals surface area contributed by atoms with E-state index in [-0.39, 0.29) is 5.60 Å². The summed E-state index contributed by atoms with van der Waals surface area (Å²) in [6.07, 6.45) is 4.59. The zero-order valence-electron chi connectivity index (χ0n) is 11.6. The molecule has 0 radical (unpaired) electrons. The van der Waals surface area contributed by atoms with Gasteiger partial charge in [0.25, 0.3) is 0 Å². The van der Waals surface area contributed by atoms with E-state index in [0.717, 1.165) is 25.4 Å². The second-order valence-electron chi connectivity index (χ2n) is 5.54. The maximum absolute atomic E-state index is 6.32. The highest BCUT2D eigenvalue weighted by Crippen LogP contribution is 2.40. The molecular formula is C13H27BO2. The molecule has 0 aliphatic carbocycles. The summed E-state index contributed by atoms with van der Waals surface area (Å²) in [5.41, 5.74) is 0.0795. The lowest BCUT2D eigenvalue weighted by Gasteiger charge is -2.47. The van der Waals surface area contributed by atoms with Crippen molar-refractivity contribution in [1.82, 2.24) is 0 Å². The first kappa shape index (κ1) is 14.0. The van der Waals surface area contributed by atoms with Gasteiger partial charge in [0.2, 0.25) is 0 Å². The van der Waals surface area contributed by atoms with Crippen LogP contribution in [0.2, 0.25) is 0 Å². The van der Waals surface area contributed by atoms with Gasteiger partial charge in [0.05, 0.1) is 5.60 Å². The Hall–Kier alpha value is -0.0151. The van der Waals surface area contributed by atoms with Gasteiger partial charge in [-0.25, -0.2) is 0 Å². The van der Waals surface area contributed by atoms with Crippen LogP contribution in [0.4, 0.5) is 0 Å². The maximum Gasteiger partial charge on any atom is 0.139 e. The van der Waals surface area contributed by atoms with Crippen LogP contribution in [0.15, 0.2) is 0 Å². The molecule has 0 aromatic carbocycles. The van der Waals surface area contributed by atoms with Crippen molar-refractivity contribution in [3.63, 3.8) is 0 Å². The highest BCUT2D eigenvalue weighted by atomic mass is 16.5. The van der Waals surface area contributed by atoms with Crippen LogP contribution in [0, 0.1) is 11.8 Å². The molecule has 0 N–H and O–H groups in total. The van der Waals surface area contributed by atoms with E-state index in [1.54, 1.807) is 7.11 Å². The van der Waals surface area contributed by atoms with Crippen molar-refractivity contribution in [3.8, 4) is 0 Å². The number of hydrogen-bond donors (Lipinski definition) is 0. The van der Waals surface area contributed by atoms with Crippen molar-refractivity contribution >= 4 is 7.85 Å². The topological polar surface area (TPSA) is 18.5 Å². The molecule has 1 aliphatic rings. The molecule has 94 valence electrons. The van der Waals surface area contributed by atoms with Gasteiger partial charge in [0.15, 0.2) is 0 Å². The Morgan fingerprint density at radius 2 is 2.06 bits per heavy atom. The molecule has 3 heteroatoms. The Kier molecular flexibility index (Phi) is 5.32. The molecular weight excluding hydrogens is 199 g/mol. The first-order chi connectivity index (χ1) is 7.54.